The predicted molar refractivity (Wildman–Crippen MR) is 141 cm³/mol. The van der Waals surface area contributed by atoms with Crippen LogP contribution in [0.15, 0.2) is 113 Å². The van der Waals surface area contributed by atoms with Crippen LogP contribution in [0.4, 0.5) is 0 Å². The molecule has 0 atom stereocenters. The van der Waals surface area contributed by atoms with Gasteiger partial charge in [-0.1, -0.05) is 84.4 Å². The molecule has 0 amide bonds. The monoisotopic (exact) mass is 475 g/mol. The zero-order valence-electron chi connectivity index (χ0n) is 18.4. The molecular weight excluding hydrogens is 458 g/mol. The van der Waals surface area contributed by atoms with Gasteiger partial charge in [0, 0.05) is 27.6 Å². The Morgan fingerprint density at radius 2 is 1.54 bits per heavy atom. The largest absolute Gasteiger partial charge is 0.333 e. The fourth-order valence-corrected chi connectivity index (χ4v) is 4.83. The van der Waals surface area contributed by atoms with Gasteiger partial charge in [0.2, 0.25) is 0 Å². The van der Waals surface area contributed by atoms with Crippen LogP contribution < -0.4 is 11.2 Å². The summed E-state index contributed by atoms with van der Waals surface area (Å²) in [6, 6.07) is 28.6. The Bertz CT molecular complexity index is 1850. The van der Waals surface area contributed by atoms with Gasteiger partial charge in [-0.2, -0.15) is 0 Å². The van der Waals surface area contributed by atoms with E-state index in [9.17, 15) is 9.59 Å². The number of nitrogens with zero attached hydrogens (tertiary/aromatic N) is 2. The van der Waals surface area contributed by atoms with Gasteiger partial charge in [-0.15, -0.1) is 0 Å². The number of aromatic amines is 1. The highest BCUT2D eigenvalue weighted by atomic mass is 35.5. The molecule has 168 valence electrons. The molecule has 0 aliphatic heterocycles. The van der Waals surface area contributed by atoms with Crippen molar-refractivity contribution in [2.45, 2.75) is 0 Å². The Hall–Kier alpha value is -4.48. The van der Waals surface area contributed by atoms with Crippen molar-refractivity contribution in [3.63, 3.8) is 0 Å². The molecule has 0 radical (unpaired) electrons. The molecule has 0 saturated carbocycles. The van der Waals surface area contributed by atoms with E-state index >= 15 is 0 Å². The van der Waals surface area contributed by atoms with E-state index < -0.39 is 11.2 Å². The van der Waals surface area contributed by atoms with Crippen molar-refractivity contribution in [2.75, 3.05) is 0 Å². The lowest BCUT2D eigenvalue weighted by molar-refractivity contribution is 0.902. The fraction of sp³-hybridized carbons (Fsp3) is 0. The number of aromatic nitrogens is 3. The van der Waals surface area contributed by atoms with Crippen LogP contribution in [0.1, 0.15) is 0 Å². The van der Waals surface area contributed by atoms with E-state index in [0.29, 0.717) is 21.6 Å². The molecule has 0 bridgehead atoms. The second-order valence-electron chi connectivity index (χ2n) is 8.24. The molecule has 4 aromatic carbocycles. The van der Waals surface area contributed by atoms with Gasteiger partial charge in [-0.3, -0.25) is 9.78 Å². The summed E-state index contributed by atoms with van der Waals surface area (Å²) in [5.74, 6) is 0. The molecule has 2 aromatic heterocycles. The van der Waals surface area contributed by atoms with Gasteiger partial charge < -0.3 is 4.98 Å². The molecule has 0 unspecified atom stereocenters. The normalized spacial score (nSPS) is 11.2. The van der Waals surface area contributed by atoms with Crippen molar-refractivity contribution < 1.29 is 0 Å². The molecule has 0 spiro atoms. The summed E-state index contributed by atoms with van der Waals surface area (Å²) in [7, 11) is 0. The molecule has 0 aliphatic carbocycles. The predicted octanol–water partition coefficient (Wildman–Crippen LogP) is 6.21. The van der Waals surface area contributed by atoms with Crippen LogP contribution >= 0.6 is 11.6 Å². The number of fused-ring (bicyclic) bond motifs is 2. The highest BCUT2D eigenvalue weighted by Gasteiger charge is 2.16. The Kier molecular flexibility index (Phi) is 5.05. The van der Waals surface area contributed by atoms with Crippen LogP contribution in [0.2, 0.25) is 5.02 Å². The van der Waals surface area contributed by atoms with Gasteiger partial charge in [0.05, 0.1) is 22.8 Å². The fourth-order valence-electron chi connectivity index (χ4n) is 4.55. The SMILES string of the molecule is O=c1[nH]c2cc(-c3c(Cl)cccc3-c3ccccc3)ccc2c(=O)n1-c1cncc2ccccc12. The first-order chi connectivity index (χ1) is 17.1. The smallest absolute Gasteiger partial charge is 0.306 e. The molecule has 2 heterocycles. The third-order valence-electron chi connectivity index (χ3n) is 6.17. The third kappa shape index (κ3) is 3.54. The average molecular weight is 476 g/mol. The Morgan fingerprint density at radius 3 is 2.40 bits per heavy atom. The van der Waals surface area contributed by atoms with Crippen molar-refractivity contribution in [1.29, 1.82) is 0 Å². The zero-order valence-corrected chi connectivity index (χ0v) is 19.2. The summed E-state index contributed by atoms with van der Waals surface area (Å²) >= 11 is 6.64. The van der Waals surface area contributed by atoms with Crippen molar-refractivity contribution in [2.24, 2.45) is 0 Å². The molecule has 5 nitrogen and oxygen atoms in total. The lowest BCUT2D eigenvalue weighted by Crippen LogP contribution is -2.33. The molecule has 35 heavy (non-hydrogen) atoms. The minimum Gasteiger partial charge on any atom is -0.306 e. The molecule has 6 heteroatoms. The highest BCUT2D eigenvalue weighted by Crippen LogP contribution is 2.38. The van der Waals surface area contributed by atoms with E-state index in [-0.39, 0.29) is 0 Å². The van der Waals surface area contributed by atoms with Crippen LogP contribution in [0.25, 0.3) is 49.6 Å². The second kappa shape index (κ2) is 8.38. The van der Waals surface area contributed by atoms with E-state index in [4.69, 9.17) is 11.6 Å². The van der Waals surface area contributed by atoms with Gasteiger partial charge in [-0.05, 0) is 34.9 Å². The summed E-state index contributed by atoms with van der Waals surface area (Å²) in [5.41, 5.74) is 3.59. The number of hydrogen-bond donors (Lipinski definition) is 1. The van der Waals surface area contributed by atoms with Crippen molar-refractivity contribution in [3.05, 3.63) is 129 Å². The van der Waals surface area contributed by atoms with Gasteiger partial charge in [0.25, 0.3) is 5.56 Å². The van der Waals surface area contributed by atoms with Crippen molar-refractivity contribution in [1.82, 2.24) is 14.5 Å². The summed E-state index contributed by atoms with van der Waals surface area (Å²) in [4.78, 5) is 33.8. The standard InChI is InChI=1S/C29H18ClN3O2/c30-24-12-6-11-22(18-7-2-1-3-8-18)27(24)19-13-14-23-25(15-19)32-29(35)33(28(23)34)26-17-31-16-20-9-4-5-10-21(20)26/h1-17H,(H,32,35). The summed E-state index contributed by atoms with van der Waals surface area (Å²) in [5, 5.41) is 2.60. The summed E-state index contributed by atoms with van der Waals surface area (Å²) in [6.45, 7) is 0. The third-order valence-corrected chi connectivity index (χ3v) is 6.49. The van der Waals surface area contributed by atoms with E-state index in [1.165, 1.54) is 6.20 Å². The van der Waals surface area contributed by atoms with Crippen molar-refractivity contribution in [3.8, 4) is 27.9 Å². The van der Waals surface area contributed by atoms with Crippen LogP contribution in [-0.2, 0) is 0 Å². The number of halogens is 1. The Balaban J connectivity index is 1.57. The Labute approximate surface area is 204 Å². The quantitative estimate of drug-likeness (QED) is 0.330. The molecule has 1 N–H and O–H groups in total. The molecule has 6 rings (SSSR count). The lowest BCUT2D eigenvalue weighted by Gasteiger charge is -2.14. The first-order valence-corrected chi connectivity index (χ1v) is 11.5. The number of nitrogens with one attached hydrogen (secondary N) is 1. The van der Waals surface area contributed by atoms with E-state index in [1.54, 1.807) is 18.3 Å². The maximum atomic E-state index is 13.5. The number of benzene rings is 4. The first-order valence-electron chi connectivity index (χ1n) is 11.1. The minimum atomic E-state index is -0.528. The van der Waals surface area contributed by atoms with E-state index in [1.807, 2.05) is 78.9 Å². The van der Waals surface area contributed by atoms with Crippen LogP contribution in [0, 0.1) is 0 Å². The van der Waals surface area contributed by atoms with Gasteiger partial charge >= 0.3 is 5.69 Å². The molecule has 0 saturated heterocycles. The maximum absolute atomic E-state index is 13.5. The van der Waals surface area contributed by atoms with E-state index in [2.05, 4.69) is 9.97 Å². The molecule has 0 fully saturated rings. The number of pyridine rings is 1. The van der Waals surface area contributed by atoms with Gasteiger partial charge in [0.1, 0.15) is 0 Å². The van der Waals surface area contributed by atoms with E-state index in [0.717, 1.165) is 37.6 Å². The first kappa shape index (κ1) is 21.1. The number of rotatable bonds is 3. The highest BCUT2D eigenvalue weighted by molar-refractivity contribution is 6.34. The summed E-state index contributed by atoms with van der Waals surface area (Å²) in [6.07, 6.45) is 3.24. The zero-order chi connectivity index (χ0) is 23.9. The number of H-pyrrole nitrogens is 1. The number of hydrogen-bond acceptors (Lipinski definition) is 3. The van der Waals surface area contributed by atoms with Crippen molar-refractivity contribution >= 4 is 33.3 Å². The average Bonchev–Trinajstić information content (AvgIpc) is 2.89. The molecule has 6 aromatic rings. The minimum absolute atomic E-state index is 0.398. The second-order valence-corrected chi connectivity index (χ2v) is 8.65. The van der Waals surface area contributed by atoms with Crippen LogP contribution in [0.5, 0.6) is 0 Å². The van der Waals surface area contributed by atoms with Crippen LogP contribution in [0.3, 0.4) is 0 Å². The lowest BCUT2D eigenvalue weighted by atomic mass is 9.94. The molecule has 0 aliphatic rings. The van der Waals surface area contributed by atoms with Crippen LogP contribution in [-0.4, -0.2) is 14.5 Å². The van der Waals surface area contributed by atoms with Gasteiger partial charge in [-0.25, -0.2) is 9.36 Å². The maximum Gasteiger partial charge on any atom is 0.333 e. The van der Waals surface area contributed by atoms with Gasteiger partial charge in [0.15, 0.2) is 0 Å². The molecular formula is C29H18ClN3O2. The summed E-state index contributed by atoms with van der Waals surface area (Å²) < 4.78 is 1.14. The Morgan fingerprint density at radius 1 is 0.743 bits per heavy atom. The topological polar surface area (TPSA) is 67.8 Å².